The summed E-state index contributed by atoms with van der Waals surface area (Å²) in [6, 6.07) is 8.94. The van der Waals surface area contributed by atoms with Gasteiger partial charge in [0.25, 0.3) is 0 Å². The first-order valence-corrected chi connectivity index (χ1v) is 7.05. The van der Waals surface area contributed by atoms with Crippen LogP contribution in [0.4, 0.5) is 5.69 Å². The monoisotopic (exact) mass is 247 g/mol. The minimum absolute atomic E-state index is 0.275. The Labute approximate surface area is 111 Å². The number of para-hydroxylation sites is 1. The van der Waals surface area contributed by atoms with Gasteiger partial charge in [0.15, 0.2) is 0 Å². The molecule has 1 atom stereocenters. The summed E-state index contributed by atoms with van der Waals surface area (Å²) in [4.78, 5) is 4.91. The Kier molecular flexibility index (Phi) is 4.61. The largest absolute Gasteiger partial charge is 0.368 e. The normalized spacial score (nSPS) is 19.1. The van der Waals surface area contributed by atoms with Crippen molar-refractivity contribution >= 4 is 5.69 Å². The Morgan fingerprint density at radius 1 is 1.28 bits per heavy atom. The summed E-state index contributed by atoms with van der Waals surface area (Å²) in [5.41, 5.74) is 8.94. The lowest BCUT2D eigenvalue weighted by molar-refractivity contribution is 0.308. The lowest BCUT2D eigenvalue weighted by Gasteiger charge is -2.36. The highest BCUT2D eigenvalue weighted by atomic mass is 15.2. The molecule has 0 amide bonds. The molecular weight excluding hydrogens is 222 g/mol. The zero-order valence-electron chi connectivity index (χ0n) is 11.6. The number of rotatable bonds is 5. The van der Waals surface area contributed by atoms with E-state index in [9.17, 15) is 0 Å². The maximum absolute atomic E-state index is 6.16. The van der Waals surface area contributed by atoms with Gasteiger partial charge < -0.3 is 15.5 Å². The van der Waals surface area contributed by atoms with Gasteiger partial charge in [0, 0.05) is 31.4 Å². The van der Waals surface area contributed by atoms with Gasteiger partial charge in [0.1, 0.15) is 0 Å². The quantitative estimate of drug-likeness (QED) is 0.860. The Hall–Kier alpha value is -1.06. The van der Waals surface area contributed by atoms with Crippen molar-refractivity contribution in [3.8, 4) is 0 Å². The second-order valence-corrected chi connectivity index (χ2v) is 5.07. The second-order valence-electron chi connectivity index (χ2n) is 5.07. The summed E-state index contributed by atoms with van der Waals surface area (Å²) in [7, 11) is 0. The number of fused-ring (bicyclic) bond motifs is 1. The van der Waals surface area contributed by atoms with E-state index in [0.29, 0.717) is 0 Å². The molecule has 1 aromatic carbocycles. The lowest BCUT2D eigenvalue weighted by Crippen LogP contribution is -2.46. The molecule has 0 saturated heterocycles. The zero-order valence-corrected chi connectivity index (χ0v) is 11.6. The Bertz CT molecular complexity index is 374. The average Bonchev–Trinajstić information content (AvgIpc) is 2.39. The van der Waals surface area contributed by atoms with Crippen molar-refractivity contribution in [2.75, 3.05) is 37.6 Å². The maximum Gasteiger partial charge on any atom is 0.0400 e. The molecule has 1 heterocycles. The molecule has 0 radical (unpaired) electrons. The molecule has 1 aliphatic rings. The molecule has 2 rings (SSSR count). The van der Waals surface area contributed by atoms with E-state index in [1.165, 1.54) is 11.3 Å². The molecule has 0 aromatic heterocycles. The molecular formula is C15H25N3. The molecule has 2 N–H and O–H groups in total. The molecule has 0 saturated carbocycles. The van der Waals surface area contributed by atoms with Crippen molar-refractivity contribution in [2.45, 2.75) is 26.3 Å². The predicted molar refractivity (Wildman–Crippen MR) is 78.1 cm³/mol. The van der Waals surface area contributed by atoms with Gasteiger partial charge in [-0.15, -0.1) is 0 Å². The second kappa shape index (κ2) is 6.21. The van der Waals surface area contributed by atoms with Crippen molar-refractivity contribution < 1.29 is 0 Å². The van der Waals surface area contributed by atoms with Crippen molar-refractivity contribution in [3.63, 3.8) is 0 Å². The van der Waals surface area contributed by atoms with Gasteiger partial charge in [-0.2, -0.15) is 0 Å². The smallest absolute Gasteiger partial charge is 0.0400 e. The van der Waals surface area contributed by atoms with E-state index in [4.69, 9.17) is 5.73 Å². The number of hydrogen-bond donors (Lipinski definition) is 1. The van der Waals surface area contributed by atoms with E-state index in [1.54, 1.807) is 0 Å². The first kappa shape index (κ1) is 13.4. The summed E-state index contributed by atoms with van der Waals surface area (Å²) in [6.45, 7) is 9.87. The van der Waals surface area contributed by atoms with Crippen LogP contribution < -0.4 is 10.6 Å². The van der Waals surface area contributed by atoms with Crippen molar-refractivity contribution in [2.24, 2.45) is 5.73 Å². The van der Waals surface area contributed by atoms with Gasteiger partial charge in [-0.3, -0.25) is 0 Å². The summed E-state index contributed by atoms with van der Waals surface area (Å²) in [6.07, 6.45) is 1.01. The third-order valence-electron chi connectivity index (χ3n) is 3.85. The zero-order chi connectivity index (χ0) is 13.0. The standard InChI is InChI=1S/C15H25N3/c1-3-17(4-2)9-10-18-12-14(16)11-13-7-5-6-8-15(13)18/h5-8,14H,3-4,9-12,16H2,1-2H3. The van der Waals surface area contributed by atoms with Crippen LogP contribution in [0.2, 0.25) is 0 Å². The molecule has 18 heavy (non-hydrogen) atoms. The van der Waals surface area contributed by atoms with Gasteiger partial charge in [-0.1, -0.05) is 32.0 Å². The fraction of sp³-hybridized carbons (Fsp3) is 0.600. The van der Waals surface area contributed by atoms with E-state index in [0.717, 1.165) is 39.1 Å². The van der Waals surface area contributed by atoms with E-state index >= 15 is 0 Å². The molecule has 3 nitrogen and oxygen atoms in total. The van der Waals surface area contributed by atoms with Gasteiger partial charge in [0.2, 0.25) is 0 Å². The van der Waals surface area contributed by atoms with Crippen LogP contribution in [0.15, 0.2) is 24.3 Å². The summed E-state index contributed by atoms with van der Waals surface area (Å²) >= 11 is 0. The number of benzene rings is 1. The minimum Gasteiger partial charge on any atom is -0.368 e. The summed E-state index contributed by atoms with van der Waals surface area (Å²) in [5, 5.41) is 0. The molecule has 1 aromatic rings. The van der Waals surface area contributed by atoms with Crippen LogP contribution in [0.1, 0.15) is 19.4 Å². The van der Waals surface area contributed by atoms with Crippen LogP contribution in [0.5, 0.6) is 0 Å². The third-order valence-corrected chi connectivity index (χ3v) is 3.85. The van der Waals surface area contributed by atoms with E-state index in [2.05, 4.69) is 47.9 Å². The highest BCUT2D eigenvalue weighted by molar-refractivity contribution is 5.56. The molecule has 0 spiro atoms. The maximum atomic E-state index is 6.16. The average molecular weight is 247 g/mol. The van der Waals surface area contributed by atoms with Crippen LogP contribution in [-0.4, -0.2) is 43.7 Å². The summed E-state index contributed by atoms with van der Waals surface area (Å²) < 4.78 is 0. The van der Waals surface area contributed by atoms with Gasteiger partial charge in [-0.25, -0.2) is 0 Å². The highest BCUT2D eigenvalue weighted by Crippen LogP contribution is 2.25. The van der Waals surface area contributed by atoms with E-state index < -0.39 is 0 Å². The van der Waals surface area contributed by atoms with Gasteiger partial charge >= 0.3 is 0 Å². The molecule has 0 aliphatic carbocycles. The molecule has 0 bridgehead atoms. The van der Waals surface area contributed by atoms with Crippen LogP contribution in [-0.2, 0) is 6.42 Å². The predicted octanol–water partition coefficient (Wildman–Crippen LogP) is 1.72. The number of anilines is 1. The Morgan fingerprint density at radius 3 is 2.72 bits per heavy atom. The van der Waals surface area contributed by atoms with Crippen molar-refractivity contribution in [1.29, 1.82) is 0 Å². The minimum atomic E-state index is 0.275. The first-order chi connectivity index (χ1) is 8.74. The SMILES string of the molecule is CCN(CC)CCN1CC(N)Cc2ccccc21. The van der Waals surface area contributed by atoms with E-state index in [-0.39, 0.29) is 6.04 Å². The van der Waals surface area contributed by atoms with Crippen LogP contribution in [0, 0.1) is 0 Å². The van der Waals surface area contributed by atoms with Gasteiger partial charge in [0.05, 0.1) is 0 Å². The molecule has 3 heteroatoms. The topological polar surface area (TPSA) is 32.5 Å². The first-order valence-electron chi connectivity index (χ1n) is 7.05. The molecule has 100 valence electrons. The molecule has 1 unspecified atom stereocenters. The van der Waals surface area contributed by atoms with Gasteiger partial charge in [-0.05, 0) is 31.1 Å². The highest BCUT2D eigenvalue weighted by Gasteiger charge is 2.21. The van der Waals surface area contributed by atoms with Crippen LogP contribution >= 0.6 is 0 Å². The summed E-state index contributed by atoms with van der Waals surface area (Å²) in [5.74, 6) is 0. The fourth-order valence-electron chi connectivity index (χ4n) is 2.73. The Balaban J connectivity index is 2.04. The molecule has 1 aliphatic heterocycles. The Morgan fingerprint density at radius 2 is 2.00 bits per heavy atom. The number of nitrogens with two attached hydrogens (primary N) is 1. The fourth-order valence-corrected chi connectivity index (χ4v) is 2.73. The third kappa shape index (κ3) is 3.03. The molecule has 0 fully saturated rings. The van der Waals surface area contributed by atoms with Crippen LogP contribution in [0.25, 0.3) is 0 Å². The number of nitrogens with zero attached hydrogens (tertiary/aromatic N) is 2. The number of likely N-dealkylation sites (N-methyl/N-ethyl adjacent to an activating group) is 1. The van der Waals surface area contributed by atoms with Crippen molar-refractivity contribution in [3.05, 3.63) is 29.8 Å². The van der Waals surface area contributed by atoms with E-state index in [1.807, 2.05) is 0 Å². The van der Waals surface area contributed by atoms with Crippen molar-refractivity contribution in [1.82, 2.24) is 4.90 Å². The number of hydrogen-bond acceptors (Lipinski definition) is 3. The lowest BCUT2D eigenvalue weighted by atomic mass is 9.98. The van der Waals surface area contributed by atoms with Crippen LogP contribution in [0.3, 0.4) is 0 Å².